The van der Waals surface area contributed by atoms with Crippen LogP contribution < -0.4 is 10.2 Å². The third-order valence-electron chi connectivity index (χ3n) is 5.41. The van der Waals surface area contributed by atoms with E-state index in [0.29, 0.717) is 18.8 Å². The van der Waals surface area contributed by atoms with Crippen molar-refractivity contribution in [2.45, 2.75) is 39.7 Å². The second kappa shape index (κ2) is 7.96. The van der Waals surface area contributed by atoms with Gasteiger partial charge in [0.15, 0.2) is 0 Å². The number of amides is 1. The van der Waals surface area contributed by atoms with E-state index in [1.54, 1.807) is 0 Å². The predicted molar refractivity (Wildman–Crippen MR) is 107 cm³/mol. The minimum absolute atomic E-state index is 0.0613. The number of aromatic nitrogens is 3. The van der Waals surface area contributed by atoms with E-state index in [1.165, 1.54) is 11.9 Å². The summed E-state index contributed by atoms with van der Waals surface area (Å²) < 4.78 is 5.25. The minimum Gasteiger partial charge on any atom is -0.355 e. The first-order valence-corrected chi connectivity index (χ1v) is 9.83. The van der Waals surface area contributed by atoms with E-state index in [4.69, 9.17) is 4.52 Å². The van der Waals surface area contributed by atoms with Crippen LogP contribution >= 0.6 is 0 Å². The molecule has 7 heteroatoms. The van der Waals surface area contributed by atoms with Gasteiger partial charge in [0.05, 0.1) is 11.6 Å². The molecule has 1 aliphatic heterocycles. The number of nitrogens with zero attached hydrogens (tertiary/aromatic N) is 4. The monoisotopic (exact) mass is 379 g/mol. The van der Waals surface area contributed by atoms with Crippen molar-refractivity contribution in [1.82, 2.24) is 20.4 Å². The molecule has 1 N–H and O–H groups in total. The molecule has 0 unspecified atom stereocenters. The summed E-state index contributed by atoms with van der Waals surface area (Å²) in [5.41, 5.74) is 3.69. The number of carbonyl (C=O) groups excluding carboxylic acids is 1. The van der Waals surface area contributed by atoms with Crippen molar-refractivity contribution < 1.29 is 9.32 Å². The fourth-order valence-electron chi connectivity index (χ4n) is 3.75. The van der Waals surface area contributed by atoms with E-state index < -0.39 is 0 Å². The summed E-state index contributed by atoms with van der Waals surface area (Å²) in [4.78, 5) is 23.5. The lowest BCUT2D eigenvalue weighted by Gasteiger charge is -2.33. The number of hydrogen-bond acceptors (Lipinski definition) is 6. The number of fused-ring (bicyclic) bond motifs is 1. The van der Waals surface area contributed by atoms with Crippen molar-refractivity contribution in [3.63, 3.8) is 0 Å². The highest BCUT2D eigenvalue weighted by Gasteiger charge is 2.28. The van der Waals surface area contributed by atoms with Gasteiger partial charge < -0.3 is 14.7 Å². The molecule has 4 rings (SSSR count). The van der Waals surface area contributed by atoms with Crippen LogP contribution in [0.15, 0.2) is 35.1 Å². The highest BCUT2D eigenvalue weighted by Crippen LogP contribution is 2.29. The smallest absolute Gasteiger partial charge is 0.263 e. The highest BCUT2D eigenvalue weighted by molar-refractivity contribution is 5.88. The Morgan fingerprint density at radius 3 is 2.82 bits per heavy atom. The fourth-order valence-corrected chi connectivity index (χ4v) is 3.75. The van der Waals surface area contributed by atoms with Crippen LogP contribution in [0.2, 0.25) is 0 Å². The van der Waals surface area contributed by atoms with Gasteiger partial charge >= 0.3 is 0 Å². The predicted octanol–water partition coefficient (Wildman–Crippen LogP) is 3.02. The van der Waals surface area contributed by atoms with Crippen molar-refractivity contribution in [2.24, 2.45) is 5.92 Å². The molecular weight excluding hydrogens is 354 g/mol. The van der Waals surface area contributed by atoms with E-state index in [2.05, 4.69) is 56.5 Å². The van der Waals surface area contributed by atoms with Crippen molar-refractivity contribution >= 4 is 22.8 Å². The maximum Gasteiger partial charge on any atom is 0.263 e. The summed E-state index contributed by atoms with van der Waals surface area (Å²) in [6.07, 6.45) is 4.34. The zero-order chi connectivity index (χ0) is 19.5. The third kappa shape index (κ3) is 3.69. The van der Waals surface area contributed by atoms with Gasteiger partial charge in [0.2, 0.25) is 5.91 Å². The highest BCUT2D eigenvalue weighted by atomic mass is 16.5. The lowest BCUT2D eigenvalue weighted by Crippen LogP contribution is -2.43. The molecule has 1 atom stereocenters. The van der Waals surface area contributed by atoms with E-state index in [0.717, 1.165) is 48.3 Å². The summed E-state index contributed by atoms with van der Waals surface area (Å²) in [6.45, 7) is 6.08. The van der Waals surface area contributed by atoms with E-state index in [9.17, 15) is 4.79 Å². The first-order valence-electron chi connectivity index (χ1n) is 9.83. The molecule has 0 saturated carbocycles. The summed E-state index contributed by atoms with van der Waals surface area (Å²) in [6, 6.07) is 8.40. The Morgan fingerprint density at radius 2 is 2.04 bits per heavy atom. The molecule has 1 aromatic carbocycles. The van der Waals surface area contributed by atoms with Crippen molar-refractivity contribution in [3.8, 4) is 0 Å². The van der Waals surface area contributed by atoms with Gasteiger partial charge in [-0.15, -0.1) is 0 Å². The van der Waals surface area contributed by atoms with Crippen molar-refractivity contribution in [2.75, 3.05) is 18.0 Å². The van der Waals surface area contributed by atoms with Gasteiger partial charge in [0.1, 0.15) is 17.5 Å². The largest absolute Gasteiger partial charge is 0.355 e. The molecule has 2 aromatic heterocycles. The Hall–Kier alpha value is -2.96. The molecule has 1 amide bonds. The quantitative estimate of drug-likeness (QED) is 0.734. The second-order valence-electron chi connectivity index (χ2n) is 7.32. The number of piperidine rings is 1. The minimum atomic E-state index is -0.0613. The Labute approximate surface area is 164 Å². The van der Waals surface area contributed by atoms with Crippen LogP contribution in [0.25, 0.3) is 11.1 Å². The topological polar surface area (TPSA) is 84.2 Å². The van der Waals surface area contributed by atoms with Crippen LogP contribution in [0.4, 0.5) is 5.82 Å². The first kappa shape index (κ1) is 18.4. The Kier molecular flexibility index (Phi) is 5.23. The number of rotatable bonds is 5. The van der Waals surface area contributed by atoms with Crippen LogP contribution in [0.5, 0.6) is 0 Å². The van der Waals surface area contributed by atoms with Gasteiger partial charge in [-0.3, -0.25) is 4.79 Å². The molecular formula is C21H25N5O2. The Morgan fingerprint density at radius 1 is 1.25 bits per heavy atom. The SMILES string of the molecule is CCc1ccc(CNC(=O)[C@@H]2CCCN(c3ncnc4onc(C)c34)C2)cc1. The number of anilines is 1. The molecule has 0 aliphatic carbocycles. The molecule has 0 bridgehead atoms. The number of benzene rings is 1. The standard InChI is InChI=1S/C21H25N5O2/c1-3-15-6-8-16(9-7-15)11-22-20(27)17-5-4-10-26(12-17)19-18-14(2)25-28-21(18)24-13-23-19/h6-9,13,17H,3-5,10-12H2,1-2H3,(H,22,27)/t17-/m1/s1. The van der Waals surface area contributed by atoms with E-state index in [1.807, 2.05) is 6.92 Å². The lowest BCUT2D eigenvalue weighted by molar-refractivity contribution is -0.125. The number of nitrogens with one attached hydrogen (secondary N) is 1. The normalized spacial score (nSPS) is 17.1. The number of carbonyl (C=O) groups is 1. The lowest BCUT2D eigenvalue weighted by atomic mass is 9.96. The average molecular weight is 379 g/mol. The third-order valence-corrected chi connectivity index (χ3v) is 5.41. The molecule has 3 aromatic rings. The van der Waals surface area contributed by atoms with Crippen LogP contribution in [0.3, 0.4) is 0 Å². The van der Waals surface area contributed by atoms with Crippen LogP contribution in [-0.4, -0.2) is 34.1 Å². The fraction of sp³-hybridized carbons (Fsp3) is 0.429. The van der Waals surface area contributed by atoms with Crippen molar-refractivity contribution in [1.29, 1.82) is 0 Å². The number of aryl methyl sites for hydroxylation is 2. The molecule has 0 spiro atoms. The maximum absolute atomic E-state index is 12.8. The summed E-state index contributed by atoms with van der Waals surface area (Å²) in [5.74, 6) is 0.835. The second-order valence-corrected chi connectivity index (χ2v) is 7.32. The molecule has 146 valence electrons. The molecule has 1 aliphatic rings. The number of hydrogen-bond donors (Lipinski definition) is 1. The van der Waals surface area contributed by atoms with E-state index >= 15 is 0 Å². The molecule has 1 saturated heterocycles. The van der Waals surface area contributed by atoms with Gasteiger partial charge in [-0.2, -0.15) is 4.98 Å². The molecule has 7 nitrogen and oxygen atoms in total. The van der Waals surface area contributed by atoms with Crippen molar-refractivity contribution in [3.05, 3.63) is 47.4 Å². The molecule has 28 heavy (non-hydrogen) atoms. The van der Waals surface area contributed by atoms with Crippen LogP contribution in [0.1, 0.15) is 36.6 Å². The first-order chi connectivity index (χ1) is 13.7. The van der Waals surface area contributed by atoms with Gasteiger partial charge in [-0.05, 0) is 37.3 Å². The van der Waals surface area contributed by atoms with Crippen LogP contribution in [-0.2, 0) is 17.8 Å². The Balaban J connectivity index is 1.42. The Bertz CT molecular complexity index is 967. The maximum atomic E-state index is 12.8. The van der Waals surface area contributed by atoms with E-state index in [-0.39, 0.29) is 11.8 Å². The van der Waals surface area contributed by atoms with Gasteiger partial charge in [-0.1, -0.05) is 36.3 Å². The zero-order valence-electron chi connectivity index (χ0n) is 16.3. The zero-order valence-corrected chi connectivity index (χ0v) is 16.3. The average Bonchev–Trinajstić information content (AvgIpc) is 3.13. The molecule has 0 radical (unpaired) electrons. The van der Waals surface area contributed by atoms with Gasteiger partial charge in [0.25, 0.3) is 5.71 Å². The molecule has 3 heterocycles. The van der Waals surface area contributed by atoms with Crippen LogP contribution in [0, 0.1) is 12.8 Å². The van der Waals surface area contributed by atoms with Gasteiger partial charge in [-0.25, -0.2) is 4.98 Å². The molecule has 1 fully saturated rings. The summed E-state index contributed by atoms with van der Waals surface area (Å²) in [7, 11) is 0. The summed E-state index contributed by atoms with van der Waals surface area (Å²) >= 11 is 0. The summed E-state index contributed by atoms with van der Waals surface area (Å²) in [5, 5.41) is 7.92. The van der Waals surface area contributed by atoms with Gasteiger partial charge in [0, 0.05) is 19.6 Å².